The summed E-state index contributed by atoms with van der Waals surface area (Å²) in [5, 5.41) is 10.7. The number of methoxy groups -OCH3 is 2. The molecule has 0 aliphatic carbocycles. The van der Waals surface area contributed by atoms with Crippen LogP contribution in [0.2, 0.25) is 0 Å². The summed E-state index contributed by atoms with van der Waals surface area (Å²) < 4.78 is 17.4. The van der Waals surface area contributed by atoms with E-state index in [0.717, 1.165) is 11.1 Å². The largest absolute Gasteiger partial charge is 0.493 e. The Balaban J connectivity index is 2.17. The lowest BCUT2D eigenvalue weighted by Gasteiger charge is -2.19. The van der Waals surface area contributed by atoms with Gasteiger partial charge in [0.05, 0.1) is 26.2 Å². The first-order valence-electron chi connectivity index (χ1n) is 9.99. The number of benzene rings is 1. The first-order valence-corrected chi connectivity index (χ1v) is 9.99. The van der Waals surface area contributed by atoms with Gasteiger partial charge in [0, 0.05) is 12.1 Å². The number of hydrogen-bond acceptors (Lipinski definition) is 7. The van der Waals surface area contributed by atoms with Crippen molar-refractivity contribution >= 4 is 11.6 Å². The summed E-state index contributed by atoms with van der Waals surface area (Å²) in [5.74, 6) is -0.880. The normalized spacial score (nSPS) is 11.8. The fourth-order valence-corrected chi connectivity index (χ4v) is 3.41. The monoisotopic (exact) mass is 438 g/mol. The molecular weight excluding hydrogens is 412 g/mol. The van der Waals surface area contributed by atoms with E-state index in [4.69, 9.17) is 14.2 Å². The molecule has 0 radical (unpaired) electrons. The quantitative estimate of drug-likeness (QED) is 0.425. The third kappa shape index (κ3) is 4.74. The maximum absolute atomic E-state index is 13.3. The van der Waals surface area contributed by atoms with E-state index in [0.29, 0.717) is 29.3 Å². The minimum absolute atomic E-state index is 0.00356. The van der Waals surface area contributed by atoms with Crippen molar-refractivity contribution < 1.29 is 24.1 Å². The summed E-state index contributed by atoms with van der Waals surface area (Å²) >= 11 is 0. The summed E-state index contributed by atoms with van der Waals surface area (Å²) in [4.78, 5) is 29.7. The van der Waals surface area contributed by atoms with Crippen LogP contribution in [-0.4, -0.2) is 41.3 Å². The molecule has 2 heterocycles. The van der Waals surface area contributed by atoms with Crippen LogP contribution in [0, 0.1) is 6.92 Å². The fourth-order valence-electron chi connectivity index (χ4n) is 3.41. The molecule has 0 amide bonds. The number of aromatic hydroxyl groups is 1. The minimum atomic E-state index is -0.816. The van der Waals surface area contributed by atoms with E-state index in [-0.39, 0.29) is 12.0 Å². The molecule has 0 bridgehead atoms. The van der Waals surface area contributed by atoms with Crippen molar-refractivity contribution in [3.8, 4) is 17.4 Å². The number of rotatable bonds is 8. The van der Waals surface area contributed by atoms with Crippen molar-refractivity contribution in [3.05, 3.63) is 75.7 Å². The summed E-state index contributed by atoms with van der Waals surface area (Å²) in [6.07, 6.45) is 1.46. The molecule has 1 N–H and O–H groups in total. The zero-order valence-corrected chi connectivity index (χ0v) is 18.5. The smallest absolute Gasteiger partial charge is 0.306 e. The molecule has 3 rings (SSSR count). The van der Waals surface area contributed by atoms with Crippen LogP contribution >= 0.6 is 0 Å². The molecule has 0 spiro atoms. The Hall–Kier alpha value is -3.81. The van der Waals surface area contributed by atoms with E-state index in [2.05, 4.69) is 11.6 Å². The van der Waals surface area contributed by atoms with Crippen LogP contribution < -0.4 is 15.0 Å². The standard InChI is InChI=1S/C24H26N2O6/c1-14(2)13-32-18-8-7-16(10-19(18)30-4)17(11-21(27)31-5)22-23(28)25-20-9-6-15(3)12-26(20)24(22)29/h6-10,12,17,28H,1,11,13H2,2-5H3/t17-/m0/s1. The summed E-state index contributed by atoms with van der Waals surface area (Å²) in [7, 11) is 2.76. The average molecular weight is 438 g/mol. The van der Waals surface area contributed by atoms with Gasteiger partial charge in [-0.2, -0.15) is 4.98 Å². The van der Waals surface area contributed by atoms with Gasteiger partial charge >= 0.3 is 5.97 Å². The Labute approximate surface area is 185 Å². The third-order valence-corrected chi connectivity index (χ3v) is 5.00. The topological polar surface area (TPSA) is 99.4 Å². The number of fused-ring (bicyclic) bond motifs is 1. The number of aromatic nitrogens is 2. The van der Waals surface area contributed by atoms with E-state index in [9.17, 15) is 14.7 Å². The number of hydrogen-bond donors (Lipinski definition) is 1. The van der Waals surface area contributed by atoms with Gasteiger partial charge in [-0.1, -0.05) is 18.7 Å². The summed E-state index contributed by atoms with van der Waals surface area (Å²) in [6.45, 7) is 7.82. The lowest BCUT2D eigenvalue weighted by atomic mass is 9.89. The predicted octanol–water partition coefficient (Wildman–Crippen LogP) is 3.37. The number of pyridine rings is 1. The molecular formula is C24H26N2O6. The van der Waals surface area contributed by atoms with Crippen LogP contribution in [0.1, 0.15) is 36.0 Å². The van der Waals surface area contributed by atoms with Crippen molar-refractivity contribution in [2.45, 2.75) is 26.2 Å². The lowest BCUT2D eigenvalue weighted by molar-refractivity contribution is -0.140. The molecule has 1 atom stereocenters. The number of carbonyl (C=O) groups is 1. The average Bonchev–Trinajstić information content (AvgIpc) is 2.77. The molecule has 0 fully saturated rings. The van der Waals surface area contributed by atoms with Gasteiger partial charge in [0.1, 0.15) is 12.3 Å². The van der Waals surface area contributed by atoms with Gasteiger partial charge in [0.15, 0.2) is 11.5 Å². The Morgan fingerprint density at radius 3 is 2.62 bits per heavy atom. The first kappa shape index (κ1) is 22.9. The van der Waals surface area contributed by atoms with Crippen LogP contribution in [-0.2, 0) is 9.53 Å². The highest BCUT2D eigenvalue weighted by molar-refractivity contribution is 5.71. The highest BCUT2D eigenvalue weighted by atomic mass is 16.5. The highest BCUT2D eigenvalue weighted by Gasteiger charge is 2.28. The molecule has 168 valence electrons. The zero-order chi connectivity index (χ0) is 23.4. The van der Waals surface area contributed by atoms with E-state index < -0.39 is 23.3 Å². The molecule has 2 aromatic heterocycles. The first-order chi connectivity index (χ1) is 15.2. The zero-order valence-electron chi connectivity index (χ0n) is 18.5. The van der Waals surface area contributed by atoms with Crippen LogP contribution in [0.15, 0.2) is 53.5 Å². The molecule has 32 heavy (non-hydrogen) atoms. The van der Waals surface area contributed by atoms with E-state index in [1.807, 2.05) is 13.8 Å². The maximum atomic E-state index is 13.3. The van der Waals surface area contributed by atoms with Gasteiger partial charge in [-0.25, -0.2) is 0 Å². The van der Waals surface area contributed by atoms with Gasteiger partial charge in [-0.05, 0) is 48.7 Å². The van der Waals surface area contributed by atoms with E-state index >= 15 is 0 Å². The van der Waals surface area contributed by atoms with Crippen molar-refractivity contribution in [2.24, 2.45) is 0 Å². The Morgan fingerprint density at radius 2 is 1.97 bits per heavy atom. The predicted molar refractivity (Wildman–Crippen MR) is 120 cm³/mol. The SMILES string of the molecule is C=C(C)COc1ccc([C@H](CC(=O)OC)c2c(O)nc3ccc(C)cn3c2=O)cc1OC. The molecule has 3 aromatic rings. The van der Waals surface area contributed by atoms with Crippen molar-refractivity contribution in [2.75, 3.05) is 20.8 Å². The van der Waals surface area contributed by atoms with Crippen molar-refractivity contribution in [1.29, 1.82) is 0 Å². The van der Waals surface area contributed by atoms with Gasteiger partial charge < -0.3 is 19.3 Å². The lowest BCUT2D eigenvalue weighted by Crippen LogP contribution is -2.24. The van der Waals surface area contributed by atoms with Gasteiger partial charge in [-0.15, -0.1) is 0 Å². The second-order valence-electron chi connectivity index (χ2n) is 7.58. The number of ether oxygens (including phenoxy) is 3. The molecule has 0 aliphatic rings. The number of esters is 1. The number of aryl methyl sites for hydroxylation is 1. The van der Waals surface area contributed by atoms with E-state index in [1.165, 1.54) is 18.6 Å². The van der Waals surface area contributed by atoms with Crippen LogP contribution in [0.5, 0.6) is 17.4 Å². The Kier molecular flexibility index (Phi) is 6.82. The number of nitrogens with zero attached hydrogens (tertiary/aromatic N) is 2. The minimum Gasteiger partial charge on any atom is -0.493 e. The van der Waals surface area contributed by atoms with Gasteiger partial charge in [0.2, 0.25) is 5.88 Å². The van der Waals surface area contributed by atoms with Crippen LogP contribution in [0.25, 0.3) is 5.65 Å². The fraction of sp³-hybridized carbons (Fsp3) is 0.292. The summed E-state index contributed by atoms with van der Waals surface area (Å²) in [6, 6.07) is 8.52. The van der Waals surface area contributed by atoms with Crippen LogP contribution in [0.3, 0.4) is 0 Å². The maximum Gasteiger partial charge on any atom is 0.306 e. The number of carbonyl (C=O) groups excluding carboxylic acids is 1. The molecule has 0 saturated carbocycles. The molecule has 1 aromatic carbocycles. The Bertz CT molecular complexity index is 1230. The van der Waals surface area contributed by atoms with Crippen molar-refractivity contribution in [3.63, 3.8) is 0 Å². The highest BCUT2D eigenvalue weighted by Crippen LogP contribution is 2.36. The van der Waals surface area contributed by atoms with Crippen LogP contribution in [0.4, 0.5) is 0 Å². The molecule has 0 unspecified atom stereocenters. The second-order valence-corrected chi connectivity index (χ2v) is 7.58. The van der Waals surface area contributed by atoms with Crippen molar-refractivity contribution in [1.82, 2.24) is 9.38 Å². The van der Waals surface area contributed by atoms with Gasteiger partial charge in [-0.3, -0.25) is 14.0 Å². The molecule has 0 saturated heterocycles. The second kappa shape index (κ2) is 9.55. The molecule has 8 nitrogen and oxygen atoms in total. The molecule has 0 aliphatic heterocycles. The summed E-state index contributed by atoms with van der Waals surface area (Å²) in [5.41, 5.74) is 2.10. The van der Waals surface area contributed by atoms with E-state index in [1.54, 1.807) is 36.5 Å². The Morgan fingerprint density at radius 1 is 1.22 bits per heavy atom. The van der Waals surface area contributed by atoms with Gasteiger partial charge in [0.25, 0.3) is 5.56 Å². The third-order valence-electron chi connectivity index (χ3n) is 5.00. The molecule has 8 heteroatoms.